The standard InChI is InChI=1S/C11H23N3O.2ClH/c1-4-13-5-7-14(8-6-13)11(15)10(12)9(2)3;;/h9-10H,4-8,12H2,1-3H3;2*1H. The van der Waals surface area contributed by atoms with Crippen molar-refractivity contribution in [3.05, 3.63) is 0 Å². The van der Waals surface area contributed by atoms with E-state index in [2.05, 4.69) is 11.8 Å². The Morgan fingerprint density at radius 3 is 2.00 bits per heavy atom. The van der Waals surface area contributed by atoms with Crippen molar-refractivity contribution in [2.45, 2.75) is 26.8 Å². The van der Waals surface area contributed by atoms with Crippen molar-refractivity contribution in [2.75, 3.05) is 32.7 Å². The zero-order valence-corrected chi connectivity index (χ0v) is 12.5. The summed E-state index contributed by atoms with van der Waals surface area (Å²) in [5.74, 6) is 0.336. The minimum Gasteiger partial charge on any atom is -0.339 e. The van der Waals surface area contributed by atoms with Crippen molar-refractivity contribution >= 4 is 30.7 Å². The molecule has 1 aliphatic rings. The lowest BCUT2D eigenvalue weighted by Gasteiger charge is -2.35. The molecule has 1 atom stereocenters. The average molecular weight is 286 g/mol. The first-order chi connectivity index (χ1) is 7.06. The lowest BCUT2D eigenvalue weighted by molar-refractivity contribution is -0.135. The lowest BCUT2D eigenvalue weighted by atomic mass is 10.0. The van der Waals surface area contributed by atoms with Crippen LogP contribution in [0.15, 0.2) is 0 Å². The highest BCUT2D eigenvalue weighted by Gasteiger charge is 2.26. The summed E-state index contributed by atoms with van der Waals surface area (Å²) in [7, 11) is 0. The zero-order valence-electron chi connectivity index (χ0n) is 10.9. The predicted octanol–water partition coefficient (Wildman–Crippen LogP) is 0.977. The fourth-order valence-electron chi connectivity index (χ4n) is 1.78. The maximum absolute atomic E-state index is 11.9. The van der Waals surface area contributed by atoms with Gasteiger partial charge in [0.2, 0.25) is 5.91 Å². The van der Waals surface area contributed by atoms with Crippen LogP contribution in [0.4, 0.5) is 0 Å². The largest absolute Gasteiger partial charge is 0.339 e. The van der Waals surface area contributed by atoms with E-state index in [0.717, 1.165) is 32.7 Å². The molecule has 0 saturated carbocycles. The highest BCUT2D eigenvalue weighted by molar-refractivity contribution is 5.85. The molecule has 1 unspecified atom stereocenters. The molecular formula is C11H25Cl2N3O. The SMILES string of the molecule is CCN1CCN(C(=O)C(N)C(C)C)CC1.Cl.Cl. The summed E-state index contributed by atoms with van der Waals surface area (Å²) in [4.78, 5) is 16.2. The van der Waals surface area contributed by atoms with Crippen LogP contribution in [-0.4, -0.2) is 54.5 Å². The fraction of sp³-hybridized carbons (Fsp3) is 0.909. The van der Waals surface area contributed by atoms with Gasteiger partial charge in [-0.2, -0.15) is 0 Å². The highest BCUT2D eigenvalue weighted by atomic mass is 35.5. The van der Waals surface area contributed by atoms with E-state index in [9.17, 15) is 4.79 Å². The summed E-state index contributed by atoms with van der Waals surface area (Å²) in [6, 6.07) is -0.335. The Morgan fingerprint density at radius 1 is 1.18 bits per heavy atom. The van der Waals surface area contributed by atoms with Crippen molar-refractivity contribution < 1.29 is 4.79 Å². The minimum absolute atomic E-state index is 0. The Hall–Kier alpha value is -0.0300. The fourth-order valence-corrected chi connectivity index (χ4v) is 1.78. The quantitative estimate of drug-likeness (QED) is 0.841. The molecule has 1 fully saturated rings. The summed E-state index contributed by atoms with van der Waals surface area (Å²) < 4.78 is 0. The third kappa shape index (κ3) is 5.42. The Labute approximate surface area is 117 Å². The normalized spacial score (nSPS) is 18.3. The molecule has 0 aromatic carbocycles. The summed E-state index contributed by atoms with van der Waals surface area (Å²) >= 11 is 0. The number of carbonyl (C=O) groups is 1. The number of piperazine rings is 1. The van der Waals surface area contributed by atoms with E-state index in [1.807, 2.05) is 18.7 Å². The van der Waals surface area contributed by atoms with Gasteiger partial charge >= 0.3 is 0 Å². The van der Waals surface area contributed by atoms with Gasteiger partial charge in [0.1, 0.15) is 0 Å². The van der Waals surface area contributed by atoms with Gasteiger partial charge in [-0.3, -0.25) is 4.79 Å². The third-order valence-corrected chi connectivity index (χ3v) is 3.13. The zero-order chi connectivity index (χ0) is 11.4. The first kappa shape index (κ1) is 19.3. The van der Waals surface area contributed by atoms with Crippen LogP contribution < -0.4 is 5.73 Å². The van der Waals surface area contributed by atoms with E-state index < -0.39 is 0 Å². The molecule has 2 N–H and O–H groups in total. The van der Waals surface area contributed by atoms with Gasteiger partial charge in [0.25, 0.3) is 0 Å². The Bertz CT molecular complexity index is 219. The number of hydrogen-bond acceptors (Lipinski definition) is 3. The molecule has 1 aliphatic heterocycles. The highest BCUT2D eigenvalue weighted by Crippen LogP contribution is 2.07. The van der Waals surface area contributed by atoms with Gasteiger partial charge in [-0.05, 0) is 12.5 Å². The van der Waals surface area contributed by atoms with Gasteiger partial charge in [0.05, 0.1) is 6.04 Å². The molecule has 104 valence electrons. The van der Waals surface area contributed by atoms with Crippen molar-refractivity contribution in [1.82, 2.24) is 9.80 Å². The van der Waals surface area contributed by atoms with Crippen LogP contribution >= 0.6 is 24.8 Å². The van der Waals surface area contributed by atoms with Crippen molar-refractivity contribution in [3.63, 3.8) is 0 Å². The van der Waals surface area contributed by atoms with E-state index in [4.69, 9.17) is 5.73 Å². The maximum Gasteiger partial charge on any atom is 0.239 e. The summed E-state index contributed by atoms with van der Waals surface area (Å²) in [6.07, 6.45) is 0. The van der Waals surface area contributed by atoms with Gasteiger partial charge in [0, 0.05) is 26.2 Å². The summed E-state index contributed by atoms with van der Waals surface area (Å²) in [6.45, 7) is 10.8. The minimum atomic E-state index is -0.335. The monoisotopic (exact) mass is 285 g/mol. The van der Waals surface area contributed by atoms with Crippen LogP contribution in [0.3, 0.4) is 0 Å². The van der Waals surface area contributed by atoms with Crippen LogP contribution in [0.5, 0.6) is 0 Å². The molecule has 17 heavy (non-hydrogen) atoms. The van der Waals surface area contributed by atoms with E-state index in [1.54, 1.807) is 0 Å². The van der Waals surface area contributed by atoms with E-state index in [-0.39, 0.29) is 42.7 Å². The number of nitrogens with zero attached hydrogens (tertiary/aromatic N) is 2. The van der Waals surface area contributed by atoms with Crippen LogP contribution in [0.1, 0.15) is 20.8 Å². The molecule has 1 amide bonds. The second kappa shape index (κ2) is 8.97. The molecule has 1 heterocycles. The van der Waals surface area contributed by atoms with Crippen LogP contribution in [0, 0.1) is 5.92 Å². The van der Waals surface area contributed by atoms with Crippen LogP contribution in [0.25, 0.3) is 0 Å². The number of rotatable bonds is 3. The Kier molecular flexibility index (Phi) is 10.2. The van der Waals surface area contributed by atoms with E-state index in [1.165, 1.54) is 0 Å². The average Bonchev–Trinajstić information content (AvgIpc) is 2.27. The number of nitrogens with two attached hydrogens (primary N) is 1. The maximum atomic E-state index is 11.9. The second-order valence-corrected chi connectivity index (χ2v) is 4.53. The second-order valence-electron chi connectivity index (χ2n) is 4.53. The number of likely N-dealkylation sites (N-methyl/N-ethyl adjacent to an activating group) is 1. The first-order valence-electron chi connectivity index (χ1n) is 5.83. The predicted molar refractivity (Wildman–Crippen MR) is 76.0 cm³/mol. The molecule has 0 radical (unpaired) electrons. The summed E-state index contributed by atoms with van der Waals surface area (Å²) in [5, 5.41) is 0. The molecule has 0 aromatic rings. The third-order valence-electron chi connectivity index (χ3n) is 3.13. The number of amides is 1. The lowest BCUT2D eigenvalue weighted by Crippen LogP contribution is -2.54. The molecule has 0 bridgehead atoms. The number of hydrogen-bond donors (Lipinski definition) is 1. The van der Waals surface area contributed by atoms with Crippen LogP contribution in [0.2, 0.25) is 0 Å². The van der Waals surface area contributed by atoms with Crippen LogP contribution in [-0.2, 0) is 4.79 Å². The molecule has 0 aromatic heterocycles. The van der Waals surface area contributed by atoms with E-state index in [0.29, 0.717) is 0 Å². The Morgan fingerprint density at radius 2 is 1.65 bits per heavy atom. The van der Waals surface area contributed by atoms with Crippen molar-refractivity contribution in [2.24, 2.45) is 11.7 Å². The first-order valence-corrected chi connectivity index (χ1v) is 5.83. The molecule has 0 aliphatic carbocycles. The molecule has 1 saturated heterocycles. The smallest absolute Gasteiger partial charge is 0.239 e. The Balaban J connectivity index is 0. The van der Waals surface area contributed by atoms with Gasteiger partial charge in [0.15, 0.2) is 0 Å². The molecule has 4 nitrogen and oxygen atoms in total. The van der Waals surface area contributed by atoms with Crippen molar-refractivity contribution in [1.29, 1.82) is 0 Å². The number of halogens is 2. The topological polar surface area (TPSA) is 49.6 Å². The summed E-state index contributed by atoms with van der Waals surface area (Å²) in [5.41, 5.74) is 5.85. The van der Waals surface area contributed by atoms with Crippen molar-refractivity contribution in [3.8, 4) is 0 Å². The number of carbonyl (C=O) groups excluding carboxylic acids is 1. The van der Waals surface area contributed by atoms with Gasteiger partial charge in [-0.25, -0.2) is 0 Å². The molecular weight excluding hydrogens is 261 g/mol. The van der Waals surface area contributed by atoms with Gasteiger partial charge in [-0.15, -0.1) is 24.8 Å². The molecule has 1 rings (SSSR count). The van der Waals surface area contributed by atoms with E-state index >= 15 is 0 Å². The molecule has 0 spiro atoms. The molecule has 6 heteroatoms. The van der Waals surface area contributed by atoms with Gasteiger partial charge < -0.3 is 15.5 Å². The van der Waals surface area contributed by atoms with Gasteiger partial charge in [-0.1, -0.05) is 20.8 Å².